The normalized spacial score (nSPS) is 11.6. The lowest BCUT2D eigenvalue weighted by Crippen LogP contribution is -2.09. The van der Waals surface area contributed by atoms with Crippen LogP contribution in [0.15, 0.2) is 35.7 Å². The highest BCUT2D eigenvalue weighted by Gasteiger charge is 2.30. The summed E-state index contributed by atoms with van der Waals surface area (Å²) in [5.74, 6) is 0. The van der Waals surface area contributed by atoms with E-state index in [0.717, 1.165) is 18.1 Å². The van der Waals surface area contributed by atoms with Gasteiger partial charge in [-0.2, -0.15) is 13.2 Å². The molecule has 0 amide bonds. The second-order valence-corrected chi connectivity index (χ2v) is 5.32. The summed E-state index contributed by atoms with van der Waals surface area (Å²) in [5.41, 5.74) is 0.752. The molecule has 0 saturated carbocycles. The number of hydrogen-bond acceptors (Lipinski definition) is 2. The first-order chi connectivity index (χ1) is 8.97. The van der Waals surface area contributed by atoms with Crippen LogP contribution >= 0.6 is 11.3 Å². The minimum Gasteiger partial charge on any atom is -0.384 e. The van der Waals surface area contributed by atoms with E-state index < -0.39 is 11.7 Å². The predicted octanol–water partition coefficient (Wildman–Crippen LogP) is 4.73. The number of hydrogen-bond donors (Lipinski definition) is 1. The highest BCUT2D eigenvalue weighted by molar-refractivity contribution is 7.09. The Hall–Kier alpha value is -1.49. The minimum absolute atomic E-state index is 0.548. The molecule has 0 aliphatic heterocycles. The lowest BCUT2D eigenvalue weighted by atomic mass is 10.1. The van der Waals surface area contributed by atoms with Crippen molar-refractivity contribution in [3.05, 3.63) is 51.7 Å². The Morgan fingerprint density at radius 1 is 1.21 bits per heavy atom. The lowest BCUT2D eigenvalue weighted by Gasteiger charge is -2.13. The van der Waals surface area contributed by atoms with Crippen LogP contribution in [0.4, 0.5) is 18.9 Å². The zero-order valence-electron chi connectivity index (χ0n) is 10.4. The molecule has 0 saturated heterocycles. The molecule has 2 aromatic rings. The smallest absolute Gasteiger partial charge is 0.384 e. The molecular weight excluding hydrogens is 271 g/mol. The standard InChI is InChI=1S/C14H14F3NS/c1-10-4-5-11(14(15,16)17)9-13(10)18-7-6-12-3-2-8-19-12/h2-5,8-9,18H,6-7H2,1H3. The maximum atomic E-state index is 12.6. The fourth-order valence-electron chi connectivity index (χ4n) is 1.76. The van der Waals surface area contributed by atoms with Gasteiger partial charge in [0.25, 0.3) is 0 Å². The maximum Gasteiger partial charge on any atom is 0.416 e. The van der Waals surface area contributed by atoms with Crippen LogP contribution in [0.3, 0.4) is 0 Å². The number of benzene rings is 1. The summed E-state index contributed by atoms with van der Waals surface area (Å²) < 4.78 is 37.9. The average Bonchev–Trinajstić information content (AvgIpc) is 2.83. The summed E-state index contributed by atoms with van der Waals surface area (Å²) in [6, 6.07) is 7.76. The summed E-state index contributed by atoms with van der Waals surface area (Å²) in [7, 11) is 0. The average molecular weight is 285 g/mol. The Balaban J connectivity index is 2.03. The number of nitrogens with one attached hydrogen (secondary N) is 1. The van der Waals surface area contributed by atoms with Gasteiger partial charge < -0.3 is 5.32 Å². The second kappa shape index (κ2) is 5.65. The Morgan fingerprint density at radius 3 is 2.63 bits per heavy atom. The fourth-order valence-corrected chi connectivity index (χ4v) is 2.47. The molecule has 1 heterocycles. The predicted molar refractivity (Wildman–Crippen MR) is 72.7 cm³/mol. The first-order valence-corrected chi connectivity index (χ1v) is 6.79. The van der Waals surface area contributed by atoms with E-state index in [9.17, 15) is 13.2 Å². The van der Waals surface area contributed by atoms with Crippen LogP contribution < -0.4 is 5.32 Å². The summed E-state index contributed by atoms with van der Waals surface area (Å²) in [6.07, 6.45) is -3.48. The summed E-state index contributed by atoms with van der Waals surface area (Å²) in [6.45, 7) is 2.43. The van der Waals surface area contributed by atoms with E-state index >= 15 is 0 Å². The van der Waals surface area contributed by atoms with Crippen LogP contribution in [0, 0.1) is 6.92 Å². The number of alkyl halides is 3. The van der Waals surface area contributed by atoms with Crippen LogP contribution in [0.2, 0.25) is 0 Å². The third-order valence-corrected chi connectivity index (χ3v) is 3.77. The van der Waals surface area contributed by atoms with E-state index in [1.807, 2.05) is 17.5 Å². The van der Waals surface area contributed by atoms with E-state index in [1.165, 1.54) is 17.0 Å². The topological polar surface area (TPSA) is 12.0 Å². The Morgan fingerprint density at radius 2 is 2.00 bits per heavy atom. The van der Waals surface area contributed by atoms with Gasteiger partial charge in [0.05, 0.1) is 5.56 Å². The second-order valence-electron chi connectivity index (χ2n) is 4.28. The van der Waals surface area contributed by atoms with Crippen molar-refractivity contribution in [3.8, 4) is 0 Å². The Bertz CT molecular complexity index is 532. The molecule has 19 heavy (non-hydrogen) atoms. The van der Waals surface area contributed by atoms with Crippen molar-refractivity contribution in [2.75, 3.05) is 11.9 Å². The van der Waals surface area contributed by atoms with Gasteiger partial charge in [-0.1, -0.05) is 12.1 Å². The van der Waals surface area contributed by atoms with E-state index in [0.29, 0.717) is 12.2 Å². The van der Waals surface area contributed by atoms with Crippen molar-refractivity contribution < 1.29 is 13.2 Å². The van der Waals surface area contributed by atoms with Gasteiger partial charge in [-0.15, -0.1) is 11.3 Å². The molecule has 1 aromatic heterocycles. The number of thiophene rings is 1. The molecule has 102 valence electrons. The number of aryl methyl sites for hydroxylation is 1. The van der Waals surface area contributed by atoms with Gasteiger partial charge >= 0.3 is 6.18 Å². The maximum absolute atomic E-state index is 12.6. The fraction of sp³-hybridized carbons (Fsp3) is 0.286. The molecule has 2 rings (SSSR count). The van der Waals surface area contributed by atoms with Crippen LogP contribution in [0.25, 0.3) is 0 Å². The van der Waals surface area contributed by atoms with Crippen molar-refractivity contribution in [2.45, 2.75) is 19.5 Å². The molecule has 0 spiro atoms. The van der Waals surface area contributed by atoms with Gasteiger partial charge in [-0.3, -0.25) is 0 Å². The van der Waals surface area contributed by atoms with Gasteiger partial charge in [0.1, 0.15) is 0 Å². The zero-order valence-corrected chi connectivity index (χ0v) is 11.2. The molecule has 0 fully saturated rings. The van der Waals surface area contributed by atoms with Gasteiger partial charge in [0.2, 0.25) is 0 Å². The molecule has 0 atom stereocenters. The molecular formula is C14H14F3NS. The first-order valence-electron chi connectivity index (χ1n) is 5.91. The highest BCUT2D eigenvalue weighted by atomic mass is 32.1. The molecule has 0 radical (unpaired) electrons. The van der Waals surface area contributed by atoms with Gasteiger partial charge in [0.15, 0.2) is 0 Å². The quantitative estimate of drug-likeness (QED) is 0.856. The zero-order chi connectivity index (χ0) is 13.9. The molecule has 5 heteroatoms. The van der Waals surface area contributed by atoms with Crippen molar-refractivity contribution in [1.82, 2.24) is 0 Å². The summed E-state index contributed by atoms with van der Waals surface area (Å²) in [5, 5.41) is 5.06. The van der Waals surface area contributed by atoms with E-state index in [1.54, 1.807) is 18.3 Å². The largest absolute Gasteiger partial charge is 0.416 e. The molecule has 0 bridgehead atoms. The molecule has 0 aliphatic rings. The van der Waals surface area contributed by atoms with E-state index in [-0.39, 0.29) is 0 Å². The third-order valence-electron chi connectivity index (χ3n) is 2.83. The number of anilines is 1. The van der Waals surface area contributed by atoms with E-state index in [4.69, 9.17) is 0 Å². The highest BCUT2D eigenvalue weighted by Crippen LogP contribution is 2.32. The van der Waals surface area contributed by atoms with Gasteiger partial charge in [-0.05, 0) is 42.5 Å². The van der Waals surface area contributed by atoms with Crippen molar-refractivity contribution >= 4 is 17.0 Å². The van der Waals surface area contributed by atoms with Gasteiger partial charge in [0, 0.05) is 17.1 Å². The monoisotopic (exact) mass is 285 g/mol. The molecule has 1 N–H and O–H groups in total. The Kier molecular flexibility index (Phi) is 4.14. The lowest BCUT2D eigenvalue weighted by molar-refractivity contribution is -0.137. The minimum atomic E-state index is -4.29. The van der Waals surface area contributed by atoms with Crippen LogP contribution in [0.1, 0.15) is 16.0 Å². The van der Waals surface area contributed by atoms with Crippen LogP contribution in [-0.4, -0.2) is 6.54 Å². The SMILES string of the molecule is Cc1ccc(C(F)(F)F)cc1NCCc1cccs1. The van der Waals surface area contributed by atoms with Crippen molar-refractivity contribution in [1.29, 1.82) is 0 Å². The first kappa shape index (κ1) is 13.9. The number of rotatable bonds is 4. The Labute approximate surface area is 114 Å². The summed E-state index contributed by atoms with van der Waals surface area (Å²) in [4.78, 5) is 1.22. The molecule has 1 aromatic carbocycles. The van der Waals surface area contributed by atoms with E-state index in [2.05, 4.69) is 5.32 Å². The van der Waals surface area contributed by atoms with Crippen LogP contribution in [0.5, 0.6) is 0 Å². The summed E-state index contributed by atoms with van der Waals surface area (Å²) >= 11 is 1.65. The van der Waals surface area contributed by atoms with Crippen molar-refractivity contribution in [3.63, 3.8) is 0 Å². The van der Waals surface area contributed by atoms with Gasteiger partial charge in [-0.25, -0.2) is 0 Å². The third kappa shape index (κ3) is 3.73. The molecule has 1 nitrogen and oxygen atoms in total. The number of halogens is 3. The molecule has 0 unspecified atom stereocenters. The molecule has 0 aliphatic carbocycles. The van der Waals surface area contributed by atoms with Crippen molar-refractivity contribution in [2.24, 2.45) is 0 Å². The van der Waals surface area contributed by atoms with Crippen LogP contribution in [-0.2, 0) is 12.6 Å².